The van der Waals surface area contributed by atoms with Gasteiger partial charge in [-0.1, -0.05) is 37.3 Å². The van der Waals surface area contributed by atoms with Crippen molar-refractivity contribution in [2.45, 2.75) is 19.8 Å². The summed E-state index contributed by atoms with van der Waals surface area (Å²) in [5, 5.41) is 21.8. The molecule has 2 aromatic carbocycles. The number of fused-ring (bicyclic) bond motifs is 2. The van der Waals surface area contributed by atoms with Gasteiger partial charge in [0, 0.05) is 5.41 Å². The van der Waals surface area contributed by atoms with E-state index in [1.807, 2.05) is 24.3 Å². The van der Waals surface area contributed by atoms with Crippen molar-refractivity contribution in [1.82, 2.24) is 0 Å². The van der Waals surface area contributed by atoms with E-state index in [0.29, 0.717) is 11.5 Å². The number of phenolic OH excluding ortho intramolecular Hbond substituents is 2. The van der Waals surface area contributed by atoms with E-state index < -0.39 is 0 Å². The van der Waals surface area contributed by atoms with Gasteiger partial charge >= 0.3 is 0 Å². The first-order chi connectivity index (χ1) is 10.5. The third-order valence-electron chi connectivity index (χ3n) is 5.12. The molecule has 22 heavy (non-hydrogen) atoms. The number of hydrogen-bond acceptors (Lipinski definition) is 2. The number of hydrogen-bond donors (Lipinski definition) is 2. The molecule has 0 fully saturated rings. The molecular formula is C20H18O2. The number of phenols is 2. The predicted octanol–water partition coefficient (Wildman–Crippen LogP) is 2.88. The van der Waals surface area contributed by atoms with Gasteiger partial charge in [0.25, 0.3) is 0 Å². The third kappa shape index (κ3) is 1.55. The lowest BCUT2D eigenvalue weighted by atomic mass is 9.75. The SMILES string of the molecule is C/C=C1/c2ccc(O)cc2C(C)C12C=c1ccc(O)cc1=C2. The highest BCUT2D eigenvalue weighted by Crippen LogP contribution is 2.58. The fourth-order valence-corrected chi connectivity index (χ4v) is 4.06. The van der Waals surface area contributed by atoms with E-state index in [2.05, 4.69) is 32.1 Å². The molecule has 4 rings (SSSR count). The molecule has 2 heteroatoms. The Morgan fingerprint density at radius 2 is 1.64 bits per heavy atom. The van der Waals surface area contributed by atoms with E-state index in [1.165, 1.54) is 16.7 Å². The van der Waals surface area contributed by atoms with E-state index in [1.54, 1.807) is 12.1 Å². The average Bonchev–Trinajstić information content (AvgIpc) is 2.96. The Morgan fingerprint density at radius 3 is 2.41 bits per heavy atom. The highest BCUT2D eigenvalue weighted by molar-refractivity contribution is 5.92. The molecule has 2 atom stereocenters. The summed E-state index contributed by atoms with van der Waals surface area (Å²) in [6.07, 6.45) is 6.70. The number of allylic oxidation sites excluding steroid dienone is 2. The van der Waals surface area contributed by atoms with Gasteiger partial charge in [-0.15, -0.1) is 0 Å². The first-order valence-corrected chi connectivity index (χ1v) is 7.60. The molecule has 2 aromatic rings. The van der Waals surface area contributed by atoms with Gasteiger partial charge in [-0.05, 0) is 64.2 Å². The summed E-state index contributed by atoms with van der Waals surface area (Å²) in [4.78, 5) is 0. The zero-order valence-corrected chi connectivity index (χ0v) is 12.7. The maximum Gasteiger partial charge on any atom is 0.116 e. The topological polar surface area (TPSA) is 40.5 Å². The molecule has 0 bridgehead atoms. The van der Waals surface area contributed by atoms with Gasteiger partial charge in [0.1, 0.15) is 11.5 Å². The Bertz CT molecular complexity index is 937. The molecule has 0 amide bonds. The summed E-state index contributed by atoms with van der Waals surface area (Å²) in [6.45, 7) is 4.27. The normalized spacial score (nSPS) is 26.6. The quantitative estimate of drug-likeness (QED) is 0.783. The monoisotopic (exact) mass is 290 g/mol. The molecule has 2 N–H and O–H groups in total. The Kier molecular flexibility index (Phi) is 2.56. The van der Waals surface area contributed by atoms with Crippen molar-refractivity contribution in [3.8, 4) is 11.5 Å². The Labute approximate surface area is 129 Å². The van der Waals surface area contributed by atoms with Crippen LogP contribution in [-0.4, -0.2) is 10.2 Å². The van der Waals surface area contributed by atoms with Crippen LogP contribution in [0.25, 0.3) is 17.7 Å². The molecule has 1 spiro atoms. The summed E-state index contributed by atoms with van der Waals surface area (Å²) in [5.74, 6) is 0.852. The second-order valence-corrected chi connectivity index (χ2v) is 6.23. The lowest BCUT2D eigenvalue weighted by Crippen LogP contribution is -2.19. The molecule has 0 aliphatic heterocycles. The maximum absolute atomic E-state index is 9.84. The fourth-order valence-electron chi connectivity index (χ4n) is 4.06. The molecule has 0 saturated carbocycles. The lowest BCUT2D eigenvalue weighted by Gasteiger charge is -2.27. The van der Waals surface area contributed by atoms with Crippen LogP contribution in [-0.2, 0) is 0 Å². The average molecular weight is 290 g/mol. The number of rotatable bonds is 0. The molecule has 0 aromatic heterocycles. The van der Waals surface area contributed by atoms with Gasteiger partial charge < -0.3 is 10.2 Å². The number of aromatic hydroxyl groups is 2. The van der Waals surface area contributed by atoms with Gasteiger partial charge in [0.15, 0.2) is 0 Å². The van der Waals surface area contributed by atoms with Crippen LogP contribution in [0, 0.1) is 5.41 Å². The largest absolute Gasteiger partial charge is 0.508 e. The minimum absolute atomic E-state index is 0.193. The minimum Gasteiger partial charge on any atom is -0.508 e. The van der Waals surface area contributed by atoms with Crippen molar-refractivity contribution in [2.24, 2.45) is 5.41 Å². The fraction of sp³-hybridized carbons (Fsp3) is 0.200. The molecule has 2 unspecified atom stereocenters. The van der Waals surface area contributed by atoms with Gasteiger partial charge in [-0.2, -0.15) is 0 Å². The zero-order valence-electron chi connectivity index (χ0n) is 12.7. The maximum atomic E-state index is 9.84. The summed E-state index contributed by atoms with van der Waals surface area (Å²) in [6, 6.07) is 11.2. The molecule has 2 nitrogen and oxygen atoms in total. The van der Waals surface area contributed by atoms with Crippen LogP contribution in [0.5, 0.6) is 11.5 Å². The van der Waals surface area contributed by atoms with Gasteiger partial charge in [0.2, 0.25) is 0 Å². The van der Waals surface area contributed by atoms with Crippen LogP contribution in [0.2, 0.25) is 0 Å². The second kappa shape index (κ2) is 4.26. The van der Waals surface area contributed by atoms with Crippen LogP contribution in [0.4, 0.5) is 0 Å². The molecule has 2 aliphatic rings. The first kappa shape index (κ1) is 13.2. The summed E-state index contributed by atoms with van der Waals surface area (Å²) in [5.41, 5.74) is 3.46. The first-order valence-electron chi connectivity index (χ1n) is 7.60. The van der Waals surface area contributed by atoms with Crippen LogP contribution in [0.1, 0.15) is 30.9 Å². The van der Waals surface area contributed by atoms with Crippen molar-refractivity contribution in [1.29, 1.82) is 0 Å². The van der Waals surface area contributed by atoms with E-state index in [9.17, 15) is 10.2 Å². The van der Waals surface area contributed by atoms with Crippen LogP contribution in [0.3, 0.4) is 0 Å². The molecule has 0 saturated heterocycles. The van der Waals surface area contributed by atoms with Crippen molar-refractivity contribution < 1.29 is 10.2 Å². The van der Waals surface area contributed by atoms with E-state index in [4.69, 9.17) is 0 Å². The van der Waals surface area contributed by atoms with E-state index in [0.717, 1.165) is 10.4 Å². The molecular weight excluding hydrogens is 272 g/mol. The Morgan fingerprint density at radius 1 is 0.955 bits per heavy atom. The van der Waals surface area contributed by atoms with Gasteiger partial charge in [-0.3, -0.25) is 0 Å². The second-order valence-electron chi connectivity index (χ2n) is 6.23. The standard InChI is InChI=1S/C20H18O2/c1-3-19-17-7-6-16(22)9-18(17)12(2)20(19)10-13-4-5-15(21)8-14(13)11-20/h3-12,21-22H,1-2H3/b19-3-. The Hall–Kier alpha value is -2.48. The summed E-state index contributed by atoms with van der Waals surface area (Å²) in [7, 11) is 0. The Balaban J connectivity index is 2.02. The lowest BCUT2D eigenvalue weighted by molar-refractivity contribution is 0.473. The van der Waals surface area contributed by atoms with Crippen molar-refractivity contribution >= 4 is 17.7 Å². The molecule has 0 heterocycles. The van der Waals surface area contributed by atoms with Crippen molar-refractivity contribution in [2.75, 3.05) is 0 Å². The predicted molar refractivity (Wildman–Crippen MR) is 88.9 cm³/mol. The highest BCUT2D eigenvalue weighted by atomic mass is 16.3. The smallest absolute Gasteiger partial charge is 0.116 e. The van der Waals surface area contributed by atoms with Gasteiger partial charge in [0.05, 0.1) is 0 Å². The van der Waals surface area contributed by atoms with E-state index >= 15 is 0 Å². The highest BCUT2D eigenvalue weighted by Gasteiger charge is 2.45. The van der Waals surface area contributed by atoms with Gasteiger partial charge in [-0.25, -0.2) is 0 Å². The summed E-state index contributed by atoms with van der Waals surface area (Å²) < 4.78 is 0. The molecule has 0 radical (unpaired) electrons. The van der Waals surface area contributed by atoms with Crippen LogP contribution >= 0.6 is 0 Å². The summed E-state index contributed by atoms with van der Waals surface area (Å²) >= 11 is 0. The minimum atomic E-state index is -0.193. The molecule has 2 aliphatic carbocycles. The van der Waals surface area contributed by atoms with Crippen LogP contribution < -0.4 is 10.4 Å². The zero-order chi connectivity index (χ0) is 15.5. The van der Waals surface area contributed by atoms with Crippen LogP contribution in [0.15, 0.2) is 42.5 Å². The van der Waals surface area contributed by atoms with E-state index in [-0.39, 0.29) is 11.3 Å². The number of benzene rings is 2. The third-order valence-corrected chi connectivity index (χ3v) is 5.12. The molecule has 110 valence electrons. The van der Waals surface area contributed by atoms with Crippen molar-refractivity contribution in [3.63, 3.8) is 0 Å². The van der Waals surface area contributed by atoms with Crippen molar-refractivity contribution in [3.05, 3.63) is 64.0 Å².